The van der Waals surface area contributed by atoms with Crippen molar-refractivity contribution in [3.8, 4) is 11.8 Å². The van der Waals surface area contributed by atoms with Crippen molar-refractivity contribution in [2.45, 2.75) is 13.8 Å². The van der Waals surface area contributed by atoms with E-state index in [-0.39, 0.29) is 10.6 Å². The van der Waals surface area contributed by atoms with E-state index in [1.54, 1.807) is 20.0 Å². The molecule has 0 spiro atoms. The highest BCUT2D eigenvalue weighted by Gasteiger charge is 2.12. The Bertz CT molecular complexity index is 759. The number of aryl methyl sites for hydroxylation is 1. The summed E-state index contributed by atoms with van der Waals surface area (Å²) in [5, 5.41) is 8.98. The Balaban J connectivity index is 2.77. The molecule has 2 aromatic rings. The van der Waals surface area contributed by atoms with Crippen LogP contribution in [0.1, 0.15) is 16.7 Å². The van der Waals surface area contributed by atoms with Gasteiger partial charge >= 0.3 is 0 Å². The first-order valence-electron chi connectivity index (χ1n) is 5.54. The molecule has 0 aliphatic carbocycles. The van der Waals surface area contributed by atoms with Crippen molar-refractivity contribution in [2.75, 3.05) is 0 Å². The maximum absolute atomic E-state index is 13.1. The topological polar surface area (TPSA) is 45.8 Å². The van der Waals surface area contributed by atoms with E-state index in [4.69, 9.17) is 16.9 Å². The number of nitrogens with zero attached hydrogens (tertiary/aromatic N) is 2. The molecule has 2 rings (SSSR count). The smallest absolute Gasteiger partial charge is 0.273 e. The van der Waals surface area contributed by atoms with Gasteiger partial charge in [-0.1, -0.05) is 11.6 Å². The average Bonchev–Trinajstić information content (AvgIpc) is 2.38. The molecule has 0 N–H and O–H groups in total. The standard InChI is InChI=1S/C14H10ClFN2O/c1-8-7-18(14(19)11(6-17)9(8)2)10-3-4-13(16)12(15)5-10/h3-5,7H,1-2H3. The van der Waals surface area contributed by atoms with Gasteiger partial charge in [0.1, 0.15) is 17.4 Å². The normalized spacial score (nSPS) is 10.3. The minimum atomic E-state index is -0.553. The van der Waals surface area contributed by atoms with Crippen molar-refractivity contribution >= 4 is 11.6 Å². The molecule has 0 saturated heterocycles. The van der Waals surface area contributed by atoms with Crippen LogP contribution in [0.2, 0.25) is 5.02 Å². The highest BCUT2D eigenvalue weighted by molar-refractivity contribution is 6.30. The SMILES string of the molecule is Cc1cn(-c2ccc(F)c(Cl)c2)c(=O)c(C#N)c1C. The first kappa shape index (κ1) is 13.3. The van der Waals surface area contributed by atoms with Crippen molar-refractivity contribution in [2.24, 2.45) is 0 Å². The number of hydrogen-bond donors (Lipinski definition) is 0. The number of rotatable bonds is 1. The summed E-state index contributed by atoms with van der Waals surface area (Å²) < 4.78 is 14.4. The fraction of sp³-hybridized carbons (Fsp3) is 0.143. The maximum atomic E-state index is 13.1. The Hall–Kier alpha value is -2.12. The van der Waals surface area contributed by atoms with Crippen LogP contribution in [0.3, 0.4) is 0 Å². The van der Waals surface area contributed by atoms with Crippen LogP contribution >= 0.6 is 11.6 Å². The number of pyridine rings is 1. The van der Waals surface area contributed by atoms with Gasteiger partial charge in [-0.3, -0.25) is 9.36 Å². The van der Waals surface area contributed by atoms with E-state index in [9.17, 15) is 9.18 Å². The zero-order valence-electron chi connectivity index (χ0n) is 10.4. The highest BCUT2D eigenvalue weighted by Crippen LogP contribution is 2.19. The van der Waals surface area contributed by atoms with Gasteiger partial charge in [0.25, 0.3) is 5.56 Å². The number of halogens is 2. The van der Waals surface area contributed by atoms with Crippen molar-refractivity contribution in [1.82, 2.24) is 4.57 Å². The third kappa shape index (κ3) is 2.25. The Morgan fingerprint density at radius 1 is 1.37 bits per heavy atom. The van der Waals surface area contributed by atoms with Crippen LogP contribution in [0.4, 0.5) is 4.39 Å². The number of aromatic nitrogens is 1. The number of nitriles is 1. The fourth-order valence-electron chi connectivity index (χ4n) is 1.79. The third-order valence-corrected chi connectivity index (χ3v) is 3.30. The largest absolute Gasteiger partial charge is 0.283 e. The lowest BCUT2D eigenvalue weighted by Crippen LogP contribution is -2.22. The molecule has 1 heterocycles. The van der Waals surface area contributed by atoms with Gasteiger partial charge < -0.3 is 0 Å². The molecule has 3 nitrogen and oxygen atoms in total. The molecule has 5 heteroatoms. The zero-order chi connectivity index (χ0) is 14.2. The van der Waals surface area contributed by atoms with Crippen molar-refractivity contribution in [3.05, 3.63) is 62.3 Å². The number of hydrogen-bond acceptors (Lipinski definition) is 2. The molecular weight excluding hydrogens is 267 g/mol. The lowest BCUT2D eigenvalue weighted by Gasteiger charge is -2.10. The summed E-state index contributed by atoms with van der Waals surface area (Å²) in [5.74, 6) is -0.553. The average molecular weight is 277 g/mol. The van der Waals surface area contributed by atoms with Gasteiger partial charge in [0.15, 0.2) is 0 Å². The Morgan fingerprint density at radius 2 is 2.05 bits per heavy atom. The van der Waals surface area contributed by atoms with Crippen molar-refractivity contribution in [3.63, 3.8) is 0 Å². The first-order valence-corrected chi connectivity index (χ1v) is 5.92. The molecule has 0 aliphatic rings. The summed E-state index contributed by atoms with van der Waals surface area (Å²) in [4.78, 5) is 12.2. The van der Waals surface area contributed by atoms with Gasteiger partial charge in [-0.05, 0) is 43.2 Å². The predicted molar refractivity (Wildman–Crippen MR) is 71.2 cm³/mol. The second-order valence-electron chi connectivity index (χ2n) is 4.20. The van der Waals surface area contributed by atoms with Crippen LogP contribution in [0.5, 0.6) is 0 Å². The molecule has 0 fully saturated rings. The molecule has 0 unspecified atom stereocenters. The monoisotopic (exact) mass is 276 g/mol. The minimum Gasteiger partial charge on any atom is -0.283 e. The van der Waals surface area contributed by atoms with E-state index < -0.39 is 11.4 Å². The molecule has 0 saturated carbocycles. The highest BCUT2D eigenvalue weighted by atomic mass is 35.5. The van der Waals surface area contributed by atoms with Crippen LogP contribution < -0.4 is 5.56 Å². The summed E-state index contributed by atoms with van der Waals surface area (Å²) in [6.45, 7) is 3.52. The third-order valence-electron chi connectivity index (χ3n) is 3.02. The van der Waals surface area contributed by atoms with Gasteiger partial charge in [0.05, 0.1) is 10.7 Å². The molecule has 0 radical (unpaired) electrons. The van der Waals surface area contributed by atoms with E-state index in [0.717, 1.165) is 5.56 Å². The maximum Gasteiger partial charge on any atom is 0.273 e. The molecule has 0 amide bonds. The second kappa shape index (κ2) is 4.87. The predicted octanol–water partition coefficient (Wildman–Crippen LogP) is 3.12. The molecular formula is C14H10ClFN2O. The molecule has 96 valence electrons. The van der Waals surface area contributed by atoms with Gasteiger partial charge in [0.2, 0.25) is 0 Å². The fourth-order valence-corrected chi connectivity index (χ4v) is 1.96. The number of benzene rings is 1. The molecule has 0 atom stereocenters. The van der Waals surface area contributed by atoms with Gasteiger partial charge in [-0.15, -0.1) is 0 Å². The summed E-state index contributed by atoms with van der Waals surface area (Å²) in [6, 6.07) is 5.88. The van der Waals surface area contributed by atoms with E-state index in [2.05, 4.69) is 0 Å². The van der Waals surface area contributed by atoms with Crippen molar-refractivity contribution < 1.29 is 4.39 Å². The van der Waals surface area contributed by atoms with Gasteiger partial charge in [-0.25, -0.2) is 4.39 Å². The van der Waals surface area contributed by atoms with E-state index in [1.165, 1.54) is 22.8 Å². The summed E-state index contributed by atoms with van der Waals surface area (Å²) in [7, 11) is 0. The van der Waals surface area contributed by atoms with Crippen LogP contribution in [-0.4, -0.2) is 4.57 Å². The van der Waals surface area contributed by atoms with E-state index in [0.29, 0.717) is 11.3 Å². The first-order chi connectivity index (χ1) is 8.95. The van der Waals surface area contributed by atoms with Crippen molar-refractivity contribution in [1.29, 1.82) is 5.26 Å². The Morgan fingerprint density at radius 3 is 2.63 bits per heavy atom. The Kier molecular flexibility index (Phi) is 3.41. The molecule has 19 heavy (non-hydrogen) atoms. The molecule has 1 aromatic carbocycles. The van der Waals surface area contributed by atoms with Crippen LogP contribution in [0.15, 0.2) is 29.2 Å². The van der Waals surface area contributed by atoms with Crippen LogP contribution in [-0.2, 0) is 0 Å². The lowest BCUT2D eigenvalue weighted by atomic mass is 10.1. The Labute approximate surface area is 114 Å². The molecule has 0 aliphatic heterocycles. The zero-order valence-corrected chi connectivity index (χ0v) is 11.1. The summed E-state index contributed by atoms with van der Waals surface area (Å²) in [6.07, 6.45) is 1.61. The van der Waals surface area contributed by atoms with Gasteiger partial charge in [0, 0.05) is 6.20 Å². The summed E-state index contributed by atoms with van der Waals surface area (Å²) in [5.41, 5.74) is 1.53. The quantitative estimate of drug-likeness (QED) is 0.803. The van der Waals surface area contributed by atoms with Crippen LogP contribution in [0.25, 0.3) is 5.69 Å². The van der Waals surface area contributed by atoms with E-state index in [1.807, 2.05) is 6.07 Å². The minimum absolute atomic E-state index is 0.0684. The van der Waals surface area contributed by atoms with E-state index >= 15 is 0 Å². The lowest BCUT2D eigenvalue weighted by molar-refractivity contribution is 0.627. The summed E-state index contributed by atoms with van der Waals surface area (Å²) >= 11 is 5.71. The van der Waals surface area contributed by atoms with Gasteiger partial charge in [-0.2, -0.15) is 5.26 Å². The van der Waals surface area contributed by atoms with Crippen LogP contribution in [0, 0.1) is 31.0 Å². The molecule has 1 aromatic heterocycles. The second-order valence-corrected chi connectivity index (χ2v) is 4.60. The molecule has 0 bridgehead atoms.